The molecule has 0 unspecified atom stereocenters. The van der Waals surface area contributed by atoms with E-state index in [0.717, 1.165) is 6.42 Å². The Bertz CT molecular complexity index is 497. The van der Waals surface area contributed by atoms with Gasteiger partial charge in [-0.1, -0.05) is 0 Å². The number of benzene rings is 1. The van der Waals surface area contributed by atoms with Gasteiger partial charge in [-0.05, 0) is 43.5 Å². The number of phenolic OH excluding ortho intramolecular Hbond substituents is 1. The number of rotatable bonds is 3. The molecule has 0 amide bonds. The molecule has 1 aliphatic rings. The zero-order valence-electron chi connectivity index (χ0n) is 8.59. The van der Waals surface area contributed by atoms with Crippen molar-refractivity contribution in [2.24, 2.45) is 0 Å². The van der Waals surface area contributed by atoms with Crippen molar-refractivity contribution < 1.29 is 18.3 Å². The van der Waals surface area contributed by atoms with E-state index in [9.17, 15) is 13.2 Å². The van der Waals surface area contributed by atoms with Crippen molar-refractivity contribution in [2.75, 3.05) is 0 Å². The maximum atomic E-state index is 12.2. The predicted octanol–water partition coefficient (Wildman–Crippen LogP) is 1.29. The van der Waals surface area contributed by atoms with Gasteiger partial charge >= 0.3 is 0 Å². The Morgan fingerprint density at radius 3 is 2.12 bits per heavy atom. The van der Waals surface area contributed by atoms with Gasteiger partial charge in [-0.25, -0.2) is 8.42 Å². The lowest BCUT2D eigenvalue weighted by molar-refractivity contribution is -0.111. The second kappa shape index (κ2) is 3.59. The molecule has 1 aliphatic carbocycles. The SMILES string of the molecule is O=CC1(S(=O)(=O)c2ccc(O)cc2)CCC1. The van der Waals surface area contributed by atoms with Crippen LogP contribution >= 0.6 is 0 Å². The van der Waals surface area contributed by atoms with Crippen LogP contribution in [0.4, 0.5) is 0 Å². The molecule has 0 bridgehead atoms. The van der Waals surface area contributed by atoms with E-state index in [2.05, 4.69) is 0 Å². The molecule has 0 aromatic heterocycles. The van der Waals surface area contributed by atoms with Gasteiger partial charge in [0.2, 0.25) is 0 Å². The number of sulfone groups is 1. The van der Waals surface area contributed by atoms with Crippen molar-refractivity contribution in [3.63, 3.8) is 0 Å². The number of aldehydes is 1. The molecule has 1 fully saturated rings. The highest BCUT2D eigenvalue weighted by molar-refractivity contribution is 7.93. The molecule has 5 heteroatoms. The van der Waals surface area contributed by atoms with Gasteiger partial charge in [-0.15, -0.1) is 0 Å². The highest BCUT2D eigenvalue weighted by atomic mass is 32.2. The first-order valence-electron chi connectivity index (χ1n) is 5.02. The lowest BCUT2D eigenvalue weighted by Gasteiger charge is -2.35. The van der Waals surface area contributed by atoms with Crippen molar-refractivity contribution in [1.29, 1.82) is 0 Å². The molecule has 16 heavy (non-hydrogen) atoms. The van der Waals surface area contributed by atoms with E-state index in [1.54, 1.807) is 0 Å². The first-order chi connectivity index (χ1) is 7.52. The second-order valence-corrected chi connectivity index (χ2v) is 6.32. The summed E-state index contributed by atoms with van der Waals surface area (Å²) in [5.41, 5.74) is 0. The van der Waals surface area contributed by atoms with Crippen LogP contribution in [0.2, 0.25) is 0 Å². The van der Waals surface area contributed by atoms with Crippen LogP contribution < -0.4 is 0 Å². The molecule has 86 valence electrons. The zero-order chi connectivity index (χ0) is 11.8. The molecule has 0 radical (unpaired) electrons. The molecule has 4 nitrogen and oxygen atoms in total. The Hall–Kier alpha value is -1.36. The summed E-state index contributed by atoms with van der Waals surface area (Å²) < 4.78 is 23.1. The van der Waals surface area contributed by atoms with Gasteiger partial charge in [-0.3, -0.25) is 0 Å². The first-order valence-corrected chi connectivity index (χ1v) is 6.50. The van der Waals surface area contributed by atoms with Crippen LogP contribution in [0.15, 0.2) is 29.2 Å². The molecule has 0 aliphatic heterocycles. The van der Waals surface area contributed by atoms with Gasteiger partial charge in [0.1, 0.15) is 16.8 Å². The third-order valence-corrected chi connectivity index (χ3v) is 5.56. The molecule has 1 aromatic rings. The second-order valence-electron chi connectivity index (χ2n) is 4.03. The molecule has 0 saturated heterocycles. The maximum Gasteiger partial charge on any atom is 0.190 e. The predicted molar refractivity (Wildman–Crippen MR) is 57.9 cm³/mol. The van der Waals surface area contributed by atoms with Crippen LogP contribution in [0.1, 0.15) is 19.3 Å². The van der Waals surface area contributed by atoms with E-state index >= 15 is 0 Å². The molecule has 1 aromatic carbocycles. The number of hydrogen-bond donors (Lipinski definition) is 1. The van der Waals surface area contributed by atoms with Crippen LogP contribution in [-0.4, -0.2) is 24.6 Å². The Balaban J connectivity index is 2.46. The Labute approximate surface area is 93.8 Å². The average Bonchev–Trinajstić information content (AvgIpc) is 2.17. The molecule has 0 atom stereocenters. The summed E-state index contributed by atoms with van der Waals surface area (Å²) in [7, 11) is -3.61. The molecule has 0 heterocycles. The average molecular weight is 240 g/mol. The highest BCUT2D eigenvalue weighted by Crippen LogP contribution is 2.41. The van der Waals surface area contributed by atoms with Crippen molar-refractivity contribution in [3.05, 3.63) is 24.3 Å². The standard InChI is InChI=1S/C11H12O4S/c12-8-11(6-1-7-11)16(14,15)10-4-2-9(13)3-5-10/h2-5,8,13H,1,6-7H2. The van der Waals surface area contributed by atoms with Crippen LogP contribution in [0, 0.1) is 0 Å². The summed E-state index contributed by atoms with van der Waals surface area (Å²) in [6.07, 6.45) is 2.08. The van der Waals surface area contributed by atoms with Gasteiger partial charge < -0.3 is 9.90 Å². The topological polar surface area (TPSA) is 71.4 Å². The summed E-state index contributed by atoms with van der Waals surface area (Å²) in [5.74, 6) is 0.00714. The molecule has 0 spiro atoms. The van der Waals surface area contributed by atoms with Gasteiger partial charge in [0, 0.05) is 0 Å². The smallest absolute Gasteiger partial charge is 0.190 e. The minimum Gasteiger partial charge on any atom is -0.508 e. The number of hydrogen-bond acceptors (Lipinski definition) is 4. The number of carbonyl (C=O) groups excluding carboxylic acids is 1. The van der Waals surface area contributed by atoms with Gasteiger partial charge in [0.15, 0.2) is 9.84 Å². The fourth-order valence-corrected chi connectivity index (χ4v) is 3.75. The molecular formula is C11H12O4S. The fraction of sp³-hybridized carbons (Fsp3) is 0.364. The van der Waals surface area contributed by atoms with Crippen molar-refractivity contribution in [2.45, 2.75) is 28.9 Å². The summed E-state index contributed by atoms with van der Waals surface area (Å²) in [4.78, 5) is 11.1. The summed E-state index contributed by atoms with van der Waals surface area (Å²) in [5, 5.41) is 9.09. The molecule has 1 saturated carbocycles. The van der Waals surface area contributed by atoms with Crippen LogP contribution in [-0.2, 0) is 14.6 Å². The molecule has 2 rings (SSSR count). The van der Waals surface area contributed by atoms with Crippen molar-refractivity contribution in [1.82, 2.24) is 0 Å². The fourth-order valence-electron chi connectivity index (χ4n) is 1.84. The molecular weight excluding hydrogens is 228 g/mol. The van der Waals surface area contributed by atoms with E-state index in [1.807, 2.05) is 0 Å². The Morgan fingerprint density at radius 1 is 1.19 bits per heavy atom. The number of carbonyl (C=O) groups is 1. The van der Waals surface area contributed by atoms with E-state index in [-0.39, 0.29) is 10.6 Å². The lowest BCUT2D eigenvalue weighted by Crippen LogP contribution is -2.46. The van der Waals surface area contributed by atoms with Gasteiger partial charge in [0.25, 0.3) is 0 Å². The highest BCUT2D eigenvalue weighted by Gasteiger charge is 2.49. The lowest BCUT2D eigenvalue weighted by atomic mass is 9.86. The summed E-state index contributed by atoms with van der Waals surface area (Å²) in [6, 6.07) is 5.27. The Kier molecular flexibility index (Phi) is 2.50. The van der Waals surface area contributed by atoms with Crippen molar-refractivity contribution in [3.8, 4) is 5.75 Å². The van der Waals surface area contributed by atoms with Crippen LogP contribution in [0.5, 0.6) is 5.75 Å². The van der Waals surface area contributed by atoms with Gasteiger partial charge in [-0.2, -0.15) is 0 Å². The summed E-state index contributed by atoms with van der Waals surface area (Å²) >= 11 is 0. The summed E-state index contributed by atoms with van der Waals surface area (Å²) in [6.45, 7) is 0. The van der Waals surface area contributed by atoms with Crippen LogP contribution in [0.3, 0.4) is 0 Å². The van der Waals surface area contributed by atoms with E-state index in [4.69, 9.17) is 5.11 Å². The third kappa shape index (κ3) is 1.43. The minimum absolute atomic E-state index is 0.00714. The van der Waals surface area contributed by atoms with E-state index in [1.165, 1.54) is 24.3 Å². The van der Waals surface area contributed by atoms with Crippen molar-refractivity contribution >= 4 is 16.1 Å². The minimum atomic E-state index is -3.61. The van der Waals surface area contributed by atoms with Crippen LogP contribution in [0.25, 0.3) is 0 Å². The number of aromatic hydroxyl groups is 1. The van der Waals surface area contributed by atoms with Gasteiger partial charge in [0.05, 0.1) is 4.90 Å². The Morgan fingerprint density at radius 2 is 1.75 bits per heavy atom. The third-order valence-electron chi connectivity index (χ3n) is 3.10. The number of phenols is 1. The maximum absolute atomic E-state index is 12.2. The monoisotopic (exact) mass is 240 g/mol. The largest absolute Gasteiger partial charge is 0.508 e. The van der Waals surface area contributed by atoms with E-state index < -0.39 is 14.6 Å². The van der Waals surface area contributed by atoms with E-state index in [0.29, 0.717) is 19.1 Å². The normalized spacial score (nSPS) is 18.8. The molecule has 1 N–H and O–H groups in total. The zero-order valence-corrected chi connectivity index (χ0v) is 9.40. The first kappa shape index (κ1) is 11.1. The quantitative estimate of drug-likeness (QED) is 0.808.